The van der Waals surface area contributed by atoms with Crippen LogP contribution in [0.2, 0.25) is 0 Å². The van der Waals surface area contributed by atoms with Gasteiger partial charge in [-0.2, -0.15) is 0 Å². The lowest BCUT2D eigenvalue weighted by molar-refractivity contribution is -0.870. The molecule has 3 unspecified atom stereocenters. The van der Waals surface area contributed by atoms with Gasteiger partial charge in [0.15, 0.2) is 11.5 Å². The number of carbonyl (C=O) groups is 3. The first-order valence-electron chi connectivity index (χ1n) is 16.5. The molecule has 3 heterocycles. The number of hydrogen-bond donors (Lipinski definition) is 1. The van der Waals surface area contributed by atoms with Gasteiger partial charge in [-0.25, -0.2) is 0 Å². The van der Waals surface area contributed by atoms with Gasteiger partial charge in [0.05, 0.1) is 47.3 Å². The van der Waals surface area contributed by atoms with Crippen molar-refractivity contribution < 1.29 is 38.2 Å². The van der Waals surface area contributed by atoms with Crippen LogP contribution >= 0.6 is 0 Å². The van der Waals surface area contributed by atoms with E-state index in [2.05, 4.69) is 46.8 Å². The summed E-state index contributed by atoms with van der Waals surface area (Å²) in [7, 11) is 8.08. The lowest BCUT2D eigenvalue weighted by atomic mass is 9.84. The average molecular weight is 632 g/mol. The fourth-order valence-corrected chi connectivity index (χ4v) is 7.10. The molecule has 0 spiro atoms. The lowest BCUT2D eigenvalue weighted by Gasteiger charge is -2.31. The molecular weight excluding hydrogens is 576 g/mol. The van der Waals surface area contributed by atoms with E-state index >= 15 is 0 Å². The maximum Gasteiger partial charge on any atom is 0.308 e. The van der Waals surface area contributed by atoms with E-state index in [1.165, 1.54) is 0 Å². The minimum absolute atomic E-state index is 0.0325. The molecular formula is C34H55N4O7+. The van der Waals surface area contributed by atoms with Crippen molar-refractivity contribution in [3.05, 3.63) is 17.7 Å². The number of rotatable bonds is 16. The number of fused-ring (bicyclic) bond motifs is 1. The molecule has 3 aliphatic heterocycles. The van der Waals surface area contributed by atoms with Crippen LogP contribution in [0.1, 0.15) is 70.8 Å². The van der Waals surface area contributed by atoms with E-state index in [1.54, 1.807) is 7.11 Å². The number of aliphatic carboxylic acids is 1. The average Bonchev–Trinajstić information content (AvgIpc) is 3.64. The van der Waals surface area contributed by atoms with Gasteiger partial charge in [-0.05, 0) is 48.8 Å². The van der Waals surface area contributed by atoms with Crippen molar-refractivity contribution in [3.8, 4) is 17.2 Å². The molecule has 0 aliphatic carbocycles. The second-order valence-corrected chi connectivity index (χ2v) is 14.8. The Morgan fingerprint density at radius 1 is 1.13 bits per heavy atom. The van der Waals surface area contributed by atoms with E-state index in [4.69, 9.17) is 14.2 Å². The lowest BCUT2D eigenvalue weighted by Crippen LogP contribution is -2.46. The van der Waals surface area contributed by atoms with Crippen LogP contribution in [0.4, 0.5) is 0 Å². The molecule has 11 heteroatoms. The predicted octanol–water partition coefficient (Wildman–Crippen LogP) is 3.66. The number of methoxy groups -OCH3 is 1. The van der Waals surface area contributed by atoms with E-state index in [9.17, 15) is 19.5 Å². The highest BCUT2D eigenvalue weighted by molar-refractivity contribution is 5.80. The van der Waals surface area contributed by atoms with Gasteiger partial charge < -0.3 is 33.6 Å². The van der Waals surface area contributed by atoms with Crippen molar-refractivity contribution in [2.75, 3.05) is 80.9 Å². The molecule has 1 aromatic rings. The highest BCUT2D eigenvalue weighted by Crippen LogP contribution is 2.47. The number of quaternary nitrogens is 1. The van der Waals surface area contributed by atoms with Gasteiger partial charge in [0.1, 0.15) is 0 Å². The van der Waals surface area contributed by atoms with E-state index in [0.29, 0.717) is 62.8 Å². The molecule has 2 fully saturated rings. The quantitative estimate of drug-likeness (QED) is 0.218. The summed E-state index contributed by atoms with van der Waals surface area (Å²) in [5.41, 5.74) is 0.677. The van der Waals surface area contributed by atoms with Gasteiger partial charge in [0.25, 0.3) is 0 Å². The van der Waals surface area contributed by atoms with Gasteiger partial charge in [0, 0.05) is 51.1 Å². The molecule has 0 radical (unpaired) electrons. The van der Waals surface area contributed by atoms with Crippen molar-refractivity contribution in [2.45, 2.75) is 71.3 Å². The van der Waals surface area contributed by atoms with Crippen LogP contribution in [0.15, 0.2) is 12.1 Å². The molecule has 2 saturated heterocycles. The minimum atomic E-state index is -0.909. The van der Waals surface area contributed by atoms with Crippen molar-refractivity contribution in [2.24, 2.45) is 11.3 Å². The Balaban J connectivity index is 1.58. The van der Waals surface area contributed by atoms with Gasteiger partial charge >= 0.3 is 5.97 Å². The van der Waals surface area contributed by atoms with E-state index in [-0.39, 0.29) is 30.6 Å². The first-order chi connectivity index (χ1) is 21.2. The normalized spacial score (nSPS) is 22.7. The fraction of sp³-hybridized carbons (Fsp3) is 0.735. The maximum atomic E-state index is 13.9. The minimum Gasteiger partial charge on any atom is -0.493 e. The Labute approximate surface area is 269 Å². The van der Waals surface area contributed by atoms with Gasteiger partial charge in [-0.3, -0.25) is 19.3 Å². The van der Waals surface area contributed by atoms with Crippen LogP contribution in [-0.4, -0.2) is 129 Å². The summed E-state index contributed by atoms with van der Waals surface area (Å²) in [5, 5.41) is 10.7. The molecule has 3 atom stereocenters. The standard InChI is InChI=1S/C34H54N4O7/c1-8-9-13-35(14-10-11-16-38(4,5)6)30(40)21-37-20-25(24-17-27(43-7)32-28(18-24)44-23-45-32)31(33(41)42)26(37)12-15-36-22-34(2,3)19-29(36)39/h17-18,25-26,31H,8-16,19-23H2,1-7H3/p+1. The van der Waals surface area contributed by atoms with Crippen molar-refractivity contribution in [1.82, 2.24) is 14.7 Å². The van der Waals surface area contributed by atoms with Crippen LogP contribution in [0.3, 0.4) is 0 Å². The number of ether oxygens (including phenoxy) is 3. The molecule has 252 valence electrons. The van der Waals surface area contributed by atoms with E-state index < -0.39 is 23.8 Å². The second-order valence-electron chi connectivity index (χ2n) is 14.8. The second kappa shape index (κ2) is 14.6. The number of carboxylic acids is 1. The topological polar surface area (TPSA) is 109 Å². The van der Waals surface area contributed by atoms with Crippen molar-refractivity contribution in [3.63, 3.8) is 0 Å². The number of carbonyl (C=O) groups excluding carboxylic acids is 2. The molecule has 1 N–H and O–H groups in total. The molecule has 0 aromatic heterocycles. The van der Waals surface area contributed by atoms with Crippen LogP contribution in [0.5, 0.6) is 17.2 Å². The number of nitrogens with zero attached hydrogens (tertiary/aromatic N) is 4. The van der Waals surface area contributed by atoms with Gasteiger partial charge in [0.2, 0.25) is 24.4 Å². The third-order valence-corrected chi connectivity index (χ3v) is 9.42. The molecule has 4 rings (SSSR count). The molecule has 45 heavy (non-hydrogen) atoms. The summed E-state index contributed by atoms with van der Waals surface area (Å²) in [6, 6.07) is 3.27. The Kier molecular flexibility index (Phi) is 11.3. The largest absolute Gasteiger partial charge is 0.493 e. The molecule has 0 bridgehead atoms. The summed E-state index contributed by atoms with van der Waals surface area (Å²) in [5.74, 6) is -0.405. The maximum absolute atomic E-state index is 13.9. The number of carboxylic acid groups (broad SMARTS) is 1. The van der Waals surface area contributed by atoms with Crippen LogP contribution in [-0.2, 0) is 14.4 Å². The Morgan fingerprint density at radius 2 is 1.87 bits per heavy atom. The zero-order valence-electron chi connectivity index (χ0n) is 28.5. The predicted molar refractivity (Wildman–Crippen MR) is 172 cm³/mol. The smallest absolute Gasteiger partial charge is 0.308 e. The number of hydrogen-bond acceptors (Lipinski definition) is 7. The summed E-state index contributed by atoms with van der Waals surface area (Å²) >= 11 is 0. The summed E-state index contributed by atoms with van der Waals surface area (Å²) in [4.78, 5) is 45.6. The number of likely N-dealkylation sites (tertiary alicyclic amines) is 2. The first-order valence-corrected chi connectivity index (χ1v) is 16.5. The summed E-state index contributed by atoms with van der Waals surface area (Å²) in [6.07, 6.45) is 4.84. The third-order valence-electron chi connectivity index (χ3n) is 9.42. The van der Waals surface area contributed by atoms with Crippen molar-refractivity contribution in [1.29, 1.82) is 0 Å². The third kappa shape index (κ3) is 8.82. The van der Waals surface area contributed by atoms with Crippen LogP contribution in [0.25, 0.3) is 0 Å². The van der Waals surface area contributed by atoms with E-state index in [1.807, 2.05) is 21.9 Å². The zero-order valence-corrected chi connectivity index (χ0v) is 28.5. The molecule has 1 aromatic carbocycles. The van der Waals surface area contributed by atoms with Crippen LogP contribution in [0, 0.1) is 11.3 Å². The first kappa shape index (κ1) is 34.8. The summed E-state index contributed by atoms with van der Waals surface area (Å²) in [6.45, 7) is 10.5. The molecule has 2 amide bonds. The van der Waals surface area contributed by atoms with Gasteiger partial charge in [-0.1, -0.05) is 27.2 Å². The molecule has 11 nitrogen and oxygen atoms in total. The zero-order chi connectivity index (χ0) is 32.9. The number of benzene rings is 1. The van der Waals surface area contributed by atoms with Gasteiger partial charge in [-0.15, -0.1) is 0 Å². The fourth-order valence-electron chi connectivity index (χ4n) is 7.10. The highest BCUT2D eigenvalue weighted by atomic mass is 16.7. The molecule has 0 saturated carbocycles. The van der Waals surface area contributed by atoms with Crippen molar-refractivity contribution >= 4 is 17.8 Å². The number of amides is 2. The Bertz CT molecular complexity index is 1210. The highest BCUT2D eigenvalue weighted by Gasteiger charge is 2.48. The van der Waals surface area contributed by atoms with E-state index in [0.717, 1.165) is 42.3 Å². The number of unbranched alkanes of at least 4 members (excludes halogenated alkanes) is 2. The molecule has 3 aliphatic rings. The summed E-state index contributed by atoms with van der Waals surface area (Å²) < 4.78 is 17.7. The SMILES string of the molecule is CCCCN(CCCC[N+](C)(C)C)C(=O)CN1CC(c2cc(OC)c3c(c2)OCO3)C(C(=O)O)C1CCN1CC(C)(C)CC1=O. The monoisotopic (exact) mass is 631 g/mol. The Hall–Kier alpha value is -3.05. The van der Waals surface area contributed by atoms with Crippen LogP contribution < -0.4 is 14.2 Å². The Morgan fingerprint density at radius 3 is 2.49 bits per heavy atom.